The number of hydrogen-bond donors (Lipinski definition) is 2. The lowest BCUT2D eigenvalue weighted by Crippen LogP contribution is -2.30. The molecule has 108 valence electrons. The Kier molecular flexibility index (Phi) is 6.27. The molecule has 0 aliphatic carbocycles. The maximum Gasteiger partial charge on any atom is 0.244 e. The van der Waals surface area contributed by atoms with Gasteiger partial charge in [-0.1, -0.05) is 26.0 Å². The topological polar surface area (TPSA) is 69.6 Å². The molecule has 0 heterocycles. The van der Waals surface area contributed by atoms with E-state index in [9.17, 15) is 13.5 Å². The quantitative estimate of drug-likeness (QED) is 0.709. The second-order valence-corrected chi connectivity index (χ2v) is 5.98. The zero-order chi connectivity index (χ0) is 14.3. The molecular formula is C13H22N2O3S. The number of nitrogens with one attached hydrogen (secondary N) is 1. The van der Waals surface area contributed by atoms with Crippen molar-refractivity contribution in [1.29, 1.82) is 0 Å². The number of rotatable bonds is 8. The lowest BCUT2D eigenvalue weighted by molar-refractivity contribution is 0.300. The highest BCUT2D eigenvalue weighted by Crippen LogP contribution is 2.20. The molecule has 0 saturated heterocycles. The van der Waals surface area contributed by atoms with E-state index in [0.29, 0.717) is 6.54 Å². The third kappa shape index (κ3) is 4.81. The minimum absolute atomic E-state index is 0.0714. The third-order valence-corrected chi connectivity index (χ3v) is 4.50. The van der Waals surface area contributed by atoms with Crippen LogP contribution in [0.5, 0.6) is 5.75 Å². The summed E-state index contributed by atoms with van der Waals surface area (Å²) in [5.74, 6) is -0.223. The van der Waals surface area contributed by atoms with Crippen molar-refractivity contribution >= 4 is 10.0 Å². The van der Waals surface area contributed by atoms with Gasteiger partial charge in [-0.05, 0) is 38.2 Å². The average Bonchev–Trinajstić information content (AvgIpc) is 2.39. The molecule has 0 aromatic heterocycles. The van der Waals surface area contributed by atoms with Crippen LogP contribution in [0.3, 0.4) is 0 Å². The standard InChI is InChI=1S/C13H22N2O3S/c1-3-15(4-2)11-7-10-14-19(17,18)13-9-6-5-8-12(13)16/h5-6,8-9,14,16H,3-4,7,10-11H2,1-2H3. The Bertz CT molecular complexity index is 484. The van der Waals surface area contributed by atoms with E-state index in [1.54, 1.807) is 12.1 Å². The molecule has 0 aliphatic heterocycles. The molecule has 0 amide bonds. The van der Waals surface area contributed by atoms with Gasteiger partial charge in [0.1, 0.15) is 10.6 Å². The summed E-state index contributed by atoms with van der Waals surface area (Å²) in [5, 5.41) is 9.54. The van der Waals surface area contributed by atoms with E-state index in [2.05, 4.69) is 23.5 Å². The van der Waals surface area contributed by atoms with E-state index in [4.69, 9.17) is 0 Å². The van der Waals surface area contributed by atoms with Crippen molar-refractivity contribution in [1.82, 2.24) is 9.62 Å². The molecule has 1 aromatic carbocycles. The Morgan fingerprint density at radius 3 is 2.42 bits per heavy atom. The second kappa shape index (κ2) is 7.47. The van der Waals surface area contributed by atoms with Crippen molar-refractivity contribution in [3.63, 3.8) is 0 Å². The Hall–Kier alpha value is -1.11. The number of aromatic hydroxyl groups is 1. The third-order valence-electron chi connectivity index (χ3n) is 2.99. The average molecular weight is 286 g/mol. The summed E-state index contributed by atoms with van der Waals surface area (Å²) in [4.78, 5) is 2.16. The molecular weight excluding hydrogens is 264 g/mol. The number of phenols is 1. The van der Waals surface area contributed by atoms with Gasteiger partial charge in [0.25, 0.3) is 0 Å². The first-order valence-electron chi connectivity index (χ1n) is 6.51. The van der Waals surface area contributed by atoms with Crippen LogP contribution in [0.4, 0.5) is 0 Å². The van der Waals surface area contributed by atoms with Crippen LogP contribution in [0.1, 0.15) is 20.3 Å². The summed E-state index contributed by atoms with van der Waals surface area (Å²) in [5.41, 5.74) is 0. The Morgan fingerprint density at radius 2 is 1.84 bits per heavy atom. The molecule has 1 rings (SSSR count). The Balaban J connectivity index is 2.51. The van der Waals surface area contributed by atoms with E-state index in [0.717, 1.165) is 26.1 Å². The second-order valence-electron chi connectivity index (χ2n) is 4.25. The Labute approximate surface area is 115 Å². The van der Waals surface area contributed by atoms with Crippen LogP contribution in [-0.2, 0) is 10.0 Å². The van der Waals surface area contributed by atoms with Crippen molar-refractivity contribution in [3.05, 3.63) is 24.3 Å². The molecule has 0 bridgehead atoms. The highest BCUT2D eigenvalue weighted by Gasteiger charge is 2.17. The van der Waals surface area contributed by atoms with E-state index in [1.807, 2.05) is 0 Å². The van der Waals surface area contributed by atoms with Gasteiger partial charge in [0.15, 0.2) is 0 Å². The Morgan fingerprint density at radius 1 is 1.21 bits per heavy atom. The van der Waals surface area contributed by atoms with Crippen LogP contribution in [0.15, 0.2) is 29.2 Å². The molecule has 2 N–H and O–H groups in total. The van der Waals surface area contributed by atoms with Gasteiger partial charge in [0, 0.05) is 6.54 Å². The molecule has 1 aromatic rings. The van der Waals surface area contributed by atoms with Crippen molar-refractivity contribution in [2.75, 3.05) is 26.2 Å². The molecule has 0 unspecified atom stereocenters. The first-order valence-corrected chi connectivity index (χ1v) is 7.99. The van der Waals surface area contributed by atoms with Crippen molar-refractivity contribution in [2.45, 2.75) is 25.2 Å². The van der Waals surface area contributed by atoms with Gasteiger partial charge in [-0.3, -0.25) is 0 Å². The molecule has 0 spiro atoms. The molecule has 6 heteroatoms. The summed E-state index contributed by atoms with van der Waals surface area (Å²) in [7, 11) is -3.62. The van der Waals surface area contributed by atoms with Gasteiger partial charge >= 0.3 is 0 Å². The highest BCUT2D eigenvalue weighted by atomic mass is 32.2. The van der Waals surface area contributed by atoms with Crippen LogP contribution in [0, 0.1) is 0 Å². The molecule has 0 aliphatic rings. The summed E-state index contributed by atoms with van der Waals surface area (Å²) < 4.78 is 26.4. The highest BCUT2D eigenvalue weighted by molar-refractivity contribution is 7.89. The van der Waals surface area contributed by atoms with Crippen LogP contribution in [0.25, 0.3) is 0 Å². The van der Waals surface area contributed by atoms with E-state index in [-0.39, 0.29) is 10.6 Å². The predicted octanol–water partition coefficient (Wildman–Crippen LogP) is 1.40. The lowest BCUT2D eigenvalue weighted by Gasteiger charge is -2.17. The number of para-hydroxylation sites is 1. The number of nitrogens with zero attached hydrogens (tertiary/aromatic N) is 1. The monoisotopic (exact) mass is 286 g/mol. The van der Waals surface area contributed by atoms with E-state index < -0.39 is 10.0 Å². The molecule has 0 atom stereocenters. The molecule has 0 radical (unpaired) electrons. The zero-order valence-electron chi connectivity index (χ0n) is 11.5. The van der Waals surface area contributed by atoms with Gasteiger partial charge in [-0.25, -0.2) is 13.1 Å². The van der Waals surface area contributed by atoms with Gasteiger partial charge < -0.3 is 10.0 Å². The minimum atomic E-state index is -3.62. The van der Waals surface area contributed by atoms with Crippen LogP contribution in [0.2, 0.25) is 0 Å². The van der Waals surface area contributed by atoms with Gasteiger partial charge in [-0.2, -0.15) is 0 Å². The fraction of sp³-hybridized carbons (Fsp3) is 0.538. The zero-order valence-corrected chi connectivity index (χ0v) is 12.3. The van der Waals surface area contributed by atoms with E-state index >= 15 is 0 Å². The van der Waals surface area contributed by atoms with Crippen LogP contribution in [-0.4, -0.2) is 44.6 Å². The van der Waals surface area contributed by atoms with Gasteiger partial charge in [0.05, 0.1) is 0 Å². The summed E-state index contributed by atoms with van der Waals surface area (Å²) in [6.45, 7) is 7.31. The van der Waals surface area contributed by atoms with Gasteiger partial charge in [0.2, 0.25) is 10.0 Å². The summed E-state index contributed by atoms with van der Waals surface area (Å²) in [6, 6.07) is 5.94. The largest absolute Gasteiger partial charge is 0.507 e. The van der Waals surface area contributed by atoms with Gasteiger partial charge in [-0.15, -0.1) is 0 Å². The van der Waals surface area contributed by atoms with Crippen molar-refractivity contribution in [2.24, 2.45) is 0 Å². The maximum absolute atomic E-state index is 12.0. The first-order chi connectivity index (χ1) is 9.01. The predicted molar refractivity (Wildman–Crippen MR) is 75.7 cm³/mol. The van der Waals surface area contributed by atoms with Crippen molar-refractivity contribution < 1.29 is 13.5 Å². The molecule has 19 heavy (non-hydrogen) atoms. The molecule has 0 saturated carbocycles. The van der Waals surface area contributed by atoms with E-state index in [1.165, 1.54) is 12.1 Å². The normalized spacial score (nSPS) is 11.9. The van der Waals surface area contributed by atoms with Crippen LogP contribution >= 0.6 is 0 Å². The van der Waals surface area contributed by atoms with Crippen LogP contribution < -0.4 is 4.72 Å². The fourth-order valence-electron chi connectivity index (χ4n) is 1.81. The maximum atomic E-state index is 12.0. The first kappa shape index (κ1) is 15.9. The number of phenolic OH excluding ortho intramolecular Hbond substituents is 1. The SMILES string of the molecule is CCN(CC)CCCNS(=O)(=O)c1ccccc1O. The van der Waals surface area contributed by atoms with Crippen molar-refractivity contribution in [3.8, 4) is 5.75 Å². The number of hydrogen-bond acceptors (Lipinski definition) is 4. The number of sulfonamides is 1. The fourth-order valence-corrected chi connectivity index (χ4v) is 2.98. The summed E-state index contributed by atoms with van der Waals surface area (Å²) >= 11 is 0. The molecule has 0 fully saturated rings. The molecule has 5 nitrogen and oxygen atoms in total. The number of benzene rings is 1. The summed E-state index contributed by atoms with van der Waals surface area (Å²) in [6.07, 6.45) is 0.745. The minimum Gasteiger partial charge on any atom is -0.507 e. The smallest absolute Gasteiger partial charge is 0.244 e. The lowest BCUT2D eigenvalue weighted by atomic mass is 10.3.